The molecule has 0 aromatic heterocycles. The minimum Gasteiger partial charge on any atom is -0.324 e. The van der Waals surface area contributed by atoms with Gasteiger partial charge in [0.15, 0.2) is 0 Å². The highest BCUT2D eigenvalue weighted by molar-refractivity contribution is 7.99. The van der Waals surface area contributed by atoms with E-state index in [1.54, 1.807) is 0 Å². The van der Waals surface area contributed by atoms with Gasteiger partial charge in [0.05, 0.1) is 0 Å². The molecule has 0 aromatic carbocycles. The zero-order chi connectivity index (χ0) is 9.10. The molecule has 0 saturated carbocycles. The van der Waals surface area contributed by atoms with Gasteiger partial charge in [-0.3, -0.25) is 0 Å². The summed E-state index contributed by atoms with van der Waals surface area (Å²) in [5.41, 5.74) is 5.82. The first kappa shape index (κ1) is 9.56. The fourth-order valence-electron chi connectivity index (χ4n) is 2.06. The monoisotopic (exact) mass is 198 g/mol. The van der Waals surface area contributed by atoms with Crippen molar-refractivity contribution < 1.29 is 0 Å². The van der Waals surface area contributed by atoms with Crippen LogP contribution in [-0.4, -0.2) is 42.1 Å². The van der Waals surface area contributed by atoms with E-state index in [0.29, 0.717) is 6.04 Å². The maximum absolute atomic E-state index is 5.82. The summed E-state index contributed by atoms with van der Waals surface area (Å²) >= 11 is 2.07. The topological polar surface area (TPSA) is 29.3 Å². The van der Waals surface area contributed by atoms with Gasteiger partial charge in [0.2, 0.25) is 0 Å². The minimum absolute atomic E-state index is 0.323. The number of rotatable bonds is 2. The maximum Gasteiger partial charge on any atom is 0.0229 e. The fourth-order valence-corrected chi connectivity index (χ4v) is 3.04. The summed E-state index contributed by atoms with van der Waals surface area (Å²) in [7, 11) is 0. The van der Waals surface area contributed by atoms with E-state index in [1.807, 2.05) is 0 Å². The van der Waals surface area contributed by atoms with E-state index in [4.69, 9.17) is 5.73 Å². The summed E-state index contributed by atoms with van der Waals surface area (Å²) in [5.74, 6) is 3.34. The quantitative estimate of drug-likeness (QED) is 0.670. The average Bonchev–Trinajstić information content (AvgIpc) is 2.53. The molecule has 1 fully saturated rings. The van der Waals surface area contributed by atoms with Crippen LogP contribution in [0.3, 0.4) is 0 Å². The van der Waals surface area contributed by atoms with E-state index in [0.717, 1.165) is 12.3 Å². The van der Waals surface area contributed by atoms with Crippen molar-refractivity contribution in [3.05, 3.63) is 12.2 Å². The van der Waals surface area contributed by atoms with Crippen LogP contribution in [0.5, 0.6) is 0 Å². The van der Waals surface area contributed by atoms with E-state index >= 15 is 0 Å². The van der Waals surface area contributed by atoms with Crippen molar-refractivity contribution in [2.45, 2.75) is 12.5 Å². The van der Waals surface area contributed by atoms with Crippen LogP contribution in [0.4, 0.5) is 0 Å². The standard InChI is InChI=1S/C10H18N2S/c11-10-2-1-9(7-10)8-12-3-5-13-6-4-12/h1-2,9-10H,3-8,11H2. The van der Waals surface area contributed by atoms with Gasteiger partial charge in [-0.05, 0) is 12.3 Å². The highest BCUT2D eigenvalue weighted by Crippen LogP contribution is 2.19. The lowest BCUT2D eigenvalue weighted by atomic mass is 10.1. The van der Waals surface area contributed by atoms with Crippen LogP contribution in [0, 0.1) is 5.92 Å². The largest absolute Gasteiger partial charge is 0.324 e. The Labute approximate surface area is 84.5 Å². The summed E-state index contributed by atoms with van der Waals surface area (Å²) in [6.07, 6.45) is 5.61. The predicted molar refractivity (Wildman–Crippen MR) is 59.0 cm³/mol. The molecule has 1 saturated heterocycles. The van der Waals surface area contributed by atoms with Crippen LogP contribution < -0.4 is 5.73 Å². The van der Waals surface area contributed by atoms with Crippen molar-refractivity contribution in [3.63, 3.8) is 0 Å². The minimum atomic E-state index is 0.323. The average molecular weight is 198 g/mol. The Morgan fingerprint density at radius 3 is 2.69 bits per heavy atom. The lowest BCUT2D eigenvalue weighted by Crippen LogP contribution is -2.36. The van der Waals surface area contributed by atoms with Crippen molar-refractivity contribution in [3.8, 4) is 0 Å². The Kier molecular flexibility index (Phi) is 3.30. The van der Waals surface area contributed by atoms with Crippen LogP contribution in [0.1, 0.15) is 6.42 Å². The van der Waals surface area contributed by atoms with Crippen molar-refractivity contribution in [2.24, 2.45) is 11.7 Å². The number of hydrogen-bond acceptors (Lipinski definition) is 3. The molecule has 0 spiro atoms. The molecule has 2 atom stereocenters. The third kappa shape index (κ3) is 2.73. The van der Waals surface area contributed by atoms with E-state index in [1.165, 1.54) is 31.1 Å². The van der Waals surface area contributed by atoms with Crippen LogP contribution in [0.25, 0.3) is 0 Å². The molecule has 2 rings (SSSR count). The summed E-state index contributed by atoms with van der Waals surface area (Å²) in [6, 6.07) is 0.323. The molecule has 3 heteroatoms. The lowest BCUT2D eigenvalue weighted by molar-refractivity contribution is 0.269. The second kappa shape index (κ2) is 4.49. The first-order valence-corrected chi connectivity index (χ1v) is 6.24. The van der Waals surface area contributed by atoms with Gasteiger partial charge in [0, 0.05) is 37.2 Å². The first-order chi connectivity index (χ1) is 6.34. The van der Waals surface area contributed by atoms with Gasteiger partial charge < -0.3 is 10.6 Å². The Hall–Kier alpha value is 0.01000. The summed E-state index contributed by atoms with van der Waals surface area (Å²) < 4.78 is 0. The molecule has 1 heterocycles. The SMILES string of the molecule is NC1C=CC(CN2CCSCC2)C1. The molecule has 13 heavy (non-hydrogen) atoms. The number of thioether (sulfide) groups is 1. The molecule has 2 nitrogen and oxygen atoms in total. The zero-order valence-corrected chi connectivity index (χ0v) is 8.80. The van der Waals surface area contributed by atoms with E-state index < -0.39 is 0 Å². The van der Waals surface area contributed by atoms with Gasteiger partial charge >= 0.3 is 0 Å². The van der Waals surface area contributed by atoms with Crippen molar-refractivity contribution in [2.75, 3.05) is 31.1 Å². The summed E-state index contributed by atoms with van der Waals surface area (Å²) in [6.45, 7) is 3.76. The highest BCUT2D eigenvalue weighted by Gasteiger charge is 2.19. The van der Waals surface area contributed by atoms with Gasteiger partial charge in [-0.2, -0.15) is 11.8 Å². The molecule has 0 bridgehead atoms. The molecule has 0 aromatic rings. The molecule has 1 aliphatic carbocycles. The van der Waals surface area contributed by atoms with Crippen molar-refractivity contribution >= 4 is 11.8 Å². The van der Waals surface area contributed by atoms with Crippen LogP contribution >= 0.6 is 11.8 Å². The Bertz CT molecular complexity index is 187. The van der Waals surface area contributed by atoms with Crippen molar-refractivity contribution in [1.29, 1.82) is 0 Å². The molecule has 1 aliphatic heterocycles. The first-order valence-electron chi connectivity index (χ1n) is 5.08. The Morgan fingerprint density at radius 1 is 1.31 bits per heavy atom. The maximum atomic E-state index is 5.82. The molecule has 74 valence electrons. The van der Waals surface area contributed by atoms with Crippen molar-refractivity contribution in [1.82, 2.24) is 4.90 Å². The third-order valence-corrected chi connectivity index (χ3v) is 3.74. The lowest BCUT2D eigenvalue weighted by Gasteiger charge is -2.28. The van der Waals surface area contributed by atoms with Gasteiger partial charge in [0.25, 0.3) is 0 Å². The molecule has 2 unspecified atom stereocenters. The predicted octanol–water partition coefficient (Wildman–Crippen LogP) is 0.939. The molecular weight excluding hydrogens is 180 g/mol. The summed E-state index contributed by atoms with van der Waals surface area (Å²) in [4.78, 5) is 2.57. The summed E-state index contributed by atoms with van der Waals surface area (Å²) in [5, 5.41) is 0. The Morgan fingerprint density at radius 2 is 2.08 bits per heavy atom. The zero-order valence-electron chi connectivity index (χ0n) is 7.98. The van der Waals surface area contributed by atoms with E-state index in [9.17, 15) is 0 Å². The molecule has 0 radical (unpaired) electrons. The van der Waals surface area contributed by atoms with Crippen LogP contribution in [0.2, 0.25) is 0 Å². The molecular formula is C10H18N2S. The molecule has 2 aliphatic rings. The van der Waals surface area contributed by atoms with Gasteiger partial charge in [-0.25, -0.2) is 0 Å². The second-order valence-corrected chi connectivity index (χ2v) is 5.18. The van der Waals surface area contributed by atoms with Gasteiger partial charge in [-0.1, -0.05) is 12.2 Å². The smallest absolute Gasteiger partial charge is 0.0229 e. The second-order valence-electron chi connectivity index (χ2n) is 3.96. The number of nitrogens with zero attached hydrogens (tertiary/aromatic N) is 1. The van der Waals surface area contributed by atoms with E-state index in [-0.39, 0.29) is 0 Å². The molecule has 2 N–H and O–H groups in total. The van der Waals surface area contributed by atoms with Gasteiger partial charge in [-0.15, -0.1) is 0 Å². The highest BCUT2D eigenvalue weighted by atomic mass is 32.2. The van der Waals surface area contributed by atoms with E-state index in [2.05, 4.69) is 28.8 Å². The third-order valence-electron chi connectivity index (χ3n) is 2.80. The van der Waals surface area contributed by atoms with Crippen LogP contribution in [0.15, 0.2) is 12.2 Å². The van der Waals surface area contributed by atoms with Crippen LogP contribution in [-0.2, 0) is 0 Å². The number of hydrogen-bond donors (Lipinski definition) is 1. The fraction of sp³-hybridized carbons (Fsp3) is 0.800. The van der Waals surface area contributed by atoms with Gasteiger partial charge in [0.1, 0.15) is 0 Å². The normalized spacial score (nSPS) is 35.5. The Balaban J connectivity index is 1.74. The number of nitrogens with two attached hydrogens (primary N) is 1. The molecule has 0 amide bonds.